The number of nitrogens with one attached hydrogen (secondary N) is 1. The van der Waals surface area contributed by atoms with Gasteiger partial charge in [0.25, 0.3) is 5.91 Å². The van der Waals surface area contributed by atoms with Gasteiger partial charge in [0.05, 0.1) is 18.0 Å². The second-order valence-electron chi connectivity index (χ2n) is 8.30. The molecule has 0 radical (unpaired) electrons. The molecule has 0 saturated heterocycles. The SMILES string of the molecule is Cc1cc(C(=O)N[C@H](C)c2ccc(C(C)(C)C)cc2)ccc1N(C)S(C)(=O)=O. The molecule has 0 bridgehead atoms. The fraction of sp³-hybridized carbons (Fsp3) is 0.409. The van der Waals surface area contributed by atoms with Gasteiger partial charge in [0.1, 0.15) is 0 Å². The highest BCUT2D eigenvalue weighted by atomic mass is 32.2. The molecule has 0 aliphatic carbocycles. The van der Waals surface area contributed by atoms with E-state index in [4.69, 9.17) is 0 Å². The molecule has 2 aromatic carbocycles. The van der Waals surface area contributed by atoms with Crippen molar-refractivity contribution < 1.29 is 13.2 Å². The minimum Gasteiger partial charge on any atom is -0.346 e. The Kier molecular flexibility index (Phi) is 6.24. The molecule has 2 aromatic rings. The van der Waals surface area contributed by atoms with E-state index in [2.05, 4.69) is 38.2 Å². The quantitative estimate of drug-likeness (QED) is 0.816. The lowest BCUT2D eigenvalue weighted by molar-refractivity contribution is 0.0940. The number of carbonyl (C=O) groups is 1. The third-order valence-corrected chi connectivity index (χ3v) is 6.11. The summed E-state index contributed by atoms with van der Waals surface area (Å²) in [7, 11) is -1.85. The molecule has 0 aliphatic heterocycles. The van der Waals surface area contributed by atoms with Gasteiger partial charge in [-0.25, -0.2) is 8.42 Å². The van der Waals surface area contributed by atoms with Gasteiger partial charge < -0.3 is 5.32 Å². The van der Waals surface area contributed by atoms with Gasteiger partial charge in [0.15, 0.2) is 0 Å². The van der Waals surface area contributed by atoms with Crippen molar-refractivity contribution in [3.05, 3.63) is 64.7 Å². The Bertz CT molecular complexity index is 958. The number of carbonyl (C=O) groups excluding carboxylic acids is 1. The fourth-order valence-corrected chi connectivity index (χ4v) is 3.53. The van der Waals surface area contributed by atoms with Gasteiger partial charge >= 0.3 is 0 Å². The van der Waals surface area contributed by atoms with Crippen LogP contribution in [0.5, 0.6) is 0 Å². The number of hydrogen-bond donors (Lipinski definition) is 1. The molecular formula is C22H30N2O3S. The second kappa shape index (κ2) is 7.95. The summed E-state index contributed by atoms with van der Waals surface area (Å²) in [4.78, 5) is 12.6. The average molecular weight is 403 g/mol. The Morgan fingerprint density at radius 1 is 1.07 bits per heavy atom. The Morgan fingerprint density at radius 2 is 1.64 bits per heavy atom. The van der Waals surface area contributed by atoms with Crippen LogP contribution in [0.15, 0.2) is 42.5 Å². The maximum atomic E-state index is 12.6. The van der Waals surface area contributed by atoms with Crippen molar-refractivity contribution in [1.29, 1.82) is 0 Å². The van der Waals surface area contributed by atoms with E-state index in [1.54, 1.807) is 25.1 Å². The van der Waals surface area contributed by atoms with Crippen LogP contribution in [-0.2, 0) is 15.4 Å². The molecule has 0 spiro atoms. The van der Waals surface area contributed by atoms with E-state index >= 15 is 0 Å². The molecule has 0 fully saturated rings. The summed E-state index contributed by atoms with van der Waals surface area (Å²) in [5.74, 6) is -0.191. The minimum absolute atomic E-state index is 0.0867. The third kappa shape index (κ3) is 5.13. The Labute approximate surface area is 168 Å². The first-order valence-corrected chi connectivity index (χ1v) is 11.1. The number of benzene rings is 2. The minimum atomic E-state index is -3.35. The lowest BCUT2D eigenvalue weighted by Crippen LogP contribution is -2.28. The van der Waals surface area contributed by atoms with E-state index in [1.807, 2.05) is 19.1 Å². The highest BCUT2D eigenvalue weighted by molar-refractivity contribution is 7.92. The first kappa shape index (κ1) is 22.0. The van der Waals surface area contributed by atoms with Crippen molar-refractivity contribution in [2.45, 2.75) is 46.1 Å². The van der Waals surface area contributed by atoms with Crippen molar-refractivity contribution in [1.82, 2.24) is 5.32 Å². The normalized spacial score (nSPS) is 13.1. The molecule has 0 heterocycles. The van der Waals surface area contributed by atoms with Gasteiger partial charge in [0.2, 0.25) is 10.0 Å². The van der Waals surface area contributed by atoms with Crippen molar-refractivity contribution in [3.8, 4) is 0 Å². The standard InChI is InChI=1S/C22H30N2O3S/c1-15-14-18(10-13-20(15)24(6)28(7,26)27)21(25)23-16(2)17-8-11-19(12-9-17)22(3,4)5/h8-14,16H,1-7H3,(H,23,25)/t16-/m1/s1. The number of aryl methyl sites for hydroxylation is 1. The Balaban J connectivity index is 2.15. The second-order valence-corrected chi connectivity index (χ2v) is 10.3. The summed E-state index contributed by atoms with van der Waals surface area (Å²) in [6.07, 6.45) is 1.15. The molecule has 0 aliphatic rings. The summed E-state index contributed by atoms with van der Waals surface area (Å²) in [6, 6.07) is 13.2. The molecule has 0 saturated carbocycles. The molecule has 6 heteroatoms. The predicted octanol–water partition coefficient (Wildman–Crippen LogP) is 4.18. The van der Waals surface area contributed by atoms with E-state index in [9.17, 15) is 13.2 Å². The maximum absolute atomic E-state index is 12.6. The summed E-state index contributed by atoms with van der Waals surface area (Å²) in [6.45, 7) is 10.2. The zero-order chi connectivity index (χ0) is 21.3. The number of anilines is 1. The molecule has 1 amide bonds. The molecule has 28 heavy (non-hydrogen) atoms. The van der Waals surface area contributed by atoms with Gasteiger partial charge in [-0.05, 0) is 54.2 Å². The maximum Gasteiger partial charge on any atom is 0.251 e. The van der Waals surface area contributed by atoms with E-state index in [-0.39, 0.29) is 17.4 Å². The number of hydrogen-bond acceptors (Lipinski definition) is 3. The van der Waals surface area contributed by atoms with Gasteiger partial charge in [-0.3, -0.25) is 9.10 Å². The highest BCUT2D eigenvalue weighted by Crippen LogP contribution is 2.25. The predicted molar refractivity (Wildman–Crippen MR) is 115 cm³/mol. The largest absolute Gasteiger partial charge is 0.346 e. The van der Waals surface area contributed by atoms with Crippen LogP contribution in [-0.4, -0.2) is 27.6 Å². The molecular weight excluding hydrogens is 372 g/mol. The Morgan fingerprint density at radius 3 is 2.11 bits per heavy atom. The van der Waals surface area contributed by atoms with Crippen LogP contribution in [0, 0.1) is 6.92 Å². The van der Waals surface area contributed by atoms with Crippen LogP contribution in [0.3, 0.4) is 0 Å². The zero-order valence-electron chi connectivity index (χ0n) is 17.7. The topological polar surface area (TPSA) is 66.5 Å². The van der Waals surface area contributed by atoms with Gasteiger partial charge in [-0.15, -0.1) is 0 Å². The first-order chi connectivity index (χ1) is 12.8. The highest BCUT2D eigenvalue weighted by Gasteiger charge is 2.18. The average Bonchev–Trinajstić information content (AvgIpc) is 2.59. The van der Waals surface area contributed by atoms with Gasteiger partial charge in [-0.1, -0.05) is 45.0 Å². The fourth-order valence-electron chi connectivity index (χ4n) is 2.96. The smallest absolute Gasteiger partial charge is 0.251 e. The van der Waals surface area contributed by atoms with E-state index < -0.39 is 10.0 Å². The van der Waals surface area contributed by atoms with Crippen LogP contribution < -0.4 is 9.62 Å². The Hall–Kier alpha value is -2.34. The van der Waals surface area contributed by atoms with Crippen LogP contribution in [0.25, 0.3) is 0 Å². The molecule has 1 atom stereocenters. The zero-order valence-corrected chi connectivity index (χ0v) is 18.5. The molecule has 152 valence electrons. The van der Waals surface area contributed by atoms with E-state index in [1.165, 1.54) is 16.9 Å². The van der Waals surface area contributed by atoms with Crippen molar-refractivity contribution in [3.63, 3.8) is 0 Å². The molecule has 2 rings (SSSR count). The van der Waals surface area contributed by atoms with Crippen LogP contribution in [0.2, 0.25) is 0 Å². The first-order valence-electron chi connectivity index (χ1n) is 9.26. The molecule has 0 aromatic heterocycles. The lowest BCUT2D eigenvalue weighted by atomic mass is 9.86. The summed E-state index contributed by atoms with van der Waals surface area (Å²) in [5.41, 5.74) is 4.15. The van der Waals surface area contributed by atoms with Crippen LogP contribution in [0.1, 0.15) is 60.8 Å². The number of rotatable bonds is 5. The van der Waals surface area contributed by atoms with Crippen molar-refractivity contribution >= 4 is 21.6 Å². The molecule has 0 unspecified atom stereocenters. The van der Waals surface area contributed by atoms with Crippen molar-refractivity contribution in [2.24, 2.45) is 0 Å². The summed E-state index contributed by atoms with van der Waals surface area (Å²) in [5, 5.41) is 3.01. The summed E-state index contributed by atoms with van der Waals surface area (Å²) >= 11 is 0. The van der Waals surface area contributed by atoms with E-state index in [0.29, 0.717) is 11.3 Å². The van der Waals surface area contributed by atoms with Gasteiger partial charge in [-0.2, -0.15) is 0 Å². The van der Waals surface area contributed by atoms with Crippen LogP contribution in [0.4, 0.5) is 5.69 Å². The number of amides is 1. The number of sulfonamides is 1. The molecule has 5 nitrogen and oxygen atoms in total. The van der Waals surface area contributed by atoms with Crippen molar-refractivity contribution in [2.75, 3.05) is 17.6 Å². The van der Waals surface area contributed by atoms with E-state index in [0.717, 1.165) is 17.4 Å². The monoisotopic (exact) mass is 402 g/mol. The molecule has 1 N–H and O–H groups in total. The number of nitrogens with zero attached hydrogens (tertiary/aromatic N) is 1. The lowest BCUT2D eigenvalue weighted by Gasteiger charge is -2.21. The summed E-state index contributed by atoms with van der Waals surface area (Å²) < 4.78 is 24.7. The van der Waals surface area contributed by atoms with Crippen LogP contribution >= 0.6 is 0 Å². The third-order valence-electron chi connectivity index (χ3n) is 4.92. The van der Waals surface area contributed by atoms with Gasteiger partial charge in [0, 0.05) is 12.6 Å².